The van der Waals surface area contributed by atoms with E-state index in [2.05, 4.69) is 4.98 Å². The summed E-state index contributed by atoms with van der Waals surface area (Å²) in [5.41, 5.74) is 0.979. The van der Waals surface area contributed by atoms with Crippen LogP contribution in [0.2, 0.25) is 0 Å². The van der Waals surface area contributed by atoms with Crippen molar-refractivity contribution < 1.29 is 9.85 Å². The third-order valence-corrected chi connectivity index (χ3v) is 2.58. The van der Waals surface area contributed by atoms with E-state index in [1.807, 2.05) is 18.2 Å². The van der Waals surface area contributed by atoms with Crippen molar-refractivity contribution in [2.45, 2.75) is 19.4 Å². The Labute approximate surface area is 78.2 Å². The van der Waals surface area contributed by atoms with Gasteiger partial charge < -0.3 is 0 Å². The number of nitrogens with zero attached hydrogens (tertiary/aromatic N) is 2. The fourth-order valence-corrected chi connectivity index (χ4v) is 1.88. The smallest absolute Gasteiger partial charge is 0.151 e. The van der Waals surface area contributed by atoms with E-state index in [1.165, 1.54) is 0 Å². The molecule has 0 amide bonds. The van der Waals surface area contributed by atoms with Crippen LogP contribution in [0, 0.1) is 0 Å². The molecule has 1 N–H and O–H groups in total. The highest BCUT2D eigenvalue weighted by Crippen LogP contribution is 2.18. The second-order valence-corrected chi connectivity index (χ2v) is 3.73. The Kier molecular flexibility index (Phi) is 2.29. The lowest BCUT2D eigenvalue weighted by Crippen LogP contribution is -2.40. The van der Waals surface area contributed by atoms with Crippen molar-refractivity contribution in [3.63, 3.8) is 0 Å². The van der Waals surface area contributed by atoms with Gasteiger partial charge in [-0.25, -0.2) is 5.21 Å². The van der Waals surface area contributed by atoms with Gasteiger partial charge in [-0.15, -0.1) is 0 Å². The molecule has 0 saturated carbocycles. The van der Waals surface area contributed by atoms with Crippen LogP contribution in [0.25, 0.3) is 0 Å². The van der Waals surface area contributed by atoms with Crippen molar-refractivity contribution in [2.24, 2.45) is 0 Å². The summed E-state index contributed by atoms with van der Waals surface area (Å²) < 4.78 is 0.178. The Bertz CT molecular complexity index is 268. The molecule has 1 aromatic rings. The first-order chi connectivity index (χ1) is 6.29. The normalized spacial score (nSPS) is 20.4. The van der Waals surface area contributed by atoms with Crippen LogP contribution in [0.5, 0.6) is 0 Å². The van der Waals surface area contributed by atoms with Gasteiger partial charge in [0, 0.05) is 19.0 Å². The minimum Gasteiger partial charge on any atom is -0.255 e. The van der Waals surface area contributed by atoms with Crippen molar-refractivity contribution in [1.29, 1.82) is 0 Å². The Morgan fingerprint density at radius 2 is 2.08 bits per heavy atom. The maximum Gasteiger partial charge on any atom is 0.151 e. The van der Waals surface area contributed by atoms with Crippen LogP contribution >= 0.6 is 0 Å². The first-order valence-electron chi connectivity index (χ1n) is 4.77. The molecule has 1 fully saturated rings. The summed E-state index contributed by atoms with van der Waals surface area (Å²) in [4.78, 5) is 4.21. The minimum atomic E-state index is 0.178. The van der Waals surface area contributed by atoms with Gasteiger partial charge in [0.15, 0.2) is 6.54 Å². The monoisotopic (exact) mass is 179 g/mol. The summed E-state index contributed by atoms with van der Waals surface area (Å²) in [6, 6.07) is 5.83. The SMILES string of the molecule is O[N+]1(Cc2ccccn2)CCCC1. The van der Waals surface area contributed by atoms with Crippen molar-refractivity contribution in [3.8, 4) is 0 Å². The van der Waals surface area contributed by atoms with Gasteiger partial charge in [-0.05, 0) is 12.1 Å². The molecule has 1 aliphatic rings. The van der Waals surface area contributed by atoms with Gasteiger partial charge in [-0.2, -0.15) is 4.65 Å². The van der Waals surface area contributed by atoms with E-state index in [1.54, 1.807) is 6.20 Å². The Balaban J connectivity index is 2.05. The molecule has 1 aliphatic heterocycles. The number of likely N-dealkylation sites (tertiary alicyclic amines) is 1. The average Bonchev–Trinajstić information content (AvgIpc) is 2.54. The van der Waals surface area contributed by atoms with Gasteiger partial charge in [-0.3, -0.25) is 4.98 Å². The van der Waals surface area contributed by atoms with E-state index >= 15 is 0 Å². The van der Waals surface area contributed by atoms with Crippen molar-refractivity contribution in [2.75, 3.05) is 13.1 Å². The zero-order valence-corrected chi connectivity index (χ0v) is 7.69. The summed E-state index contributed by atoms with van der Waals surface area (Å²) in [6.07, 6.45) is 4.03. The molecule has 1 saturated heterocycles. The molecule has 0 aliphatic carbocycles. The zero-order chi connectivity index (χ0) is 9.15. The van der Waals surface area contributed by atoms with Crippen molar-refractivity contribution in [1.82, 2.24) is 4.98 Å². The molecule has 3 heteroatoms. The van der Waals surface area contributed by atoms with Gasteiger partial charge in [0.1, 0.15) is 13.1 Å². The molecule has 0 atom stereocenters. The van der Waals surface area contributed by atoms with Crippen LogP contribution in [0.1, 0.15) is 18.5 Å². The highest BCUT2D eigenvalue weighted by atomic mass is 16.5. The van der Waals surface area contributed by atoms with Gasteiger partial charge in [0.25, 0.3) is 0 Å². The number of hydrogen-bond donors (Lipinski definition) is 1. The van der Waals surface area contributed by atoms with Crippen LogP contribution in [0.3, 0.4) is 0 Å². The topological polar surface area (TPSA) is 33.1 Å². The van der Waals surface area contributed by atoms with Crippen molar-refractivity contribution in [3.05, 3.63) is 30.1 Å². The highest BCUT2D eigenvalue weighted by Gasteiger charge is 2.30. The van der Waals surface area contributed by atoms with E-state index in [9.17, 15) is 5.21 Å². The zero-order valence-electron chi connectivity index (χ0n) is 7.69. The van der Waals surface area contributed by atoms with Crippen LogP contribution in [-0.4, -0.2) is 27.9 Å². The van der Waals surface area contributed by atoms with E-state index in [0.717, 1.165) is 31.6 Å². The predicted molar refractivity (Wildman–Crippen MR) is 49.0 cm³/mol. The Morgan fingerprint density at radius 3 is 2.69 bits per heavy atom. The van der Waals surface area contributed by atoms with E-state index in [-0.39, 0.29) is 4.65 Å². The molecule has 0 unspecified atom stereocenters. The average molecular weight is 179 g/mol. The van der Waals surface area contributed by atoms with Gasteiger partial charge >= 0.3 is 0 Å². The number of hydrogen-bond acceptors (Lipinski definition) is 2. The fraction of sp³-hybridized carbons (Fsp3) is 0.500. The maximum atomic E-state index is 10.0. The Hall–Kier alpha value is -0.930. The van der Waals surface area contributed by atoms with E-state index in [0.29, 0.717) is 6.54 Å². The predicted octanol–water partition coefficient (Wildman–Crippen LogP) is 1.58. The first-order valence-corrected chi connectivity index (χ1v) is 4.77. The molecule has 13 heavy (non-hydrogen) atoms. The summed E-state index contributed by atoms with van der Waals surface area (Å²) in [5.74, 6) is 0. The van der Waals surface area contributed by atoms with Crippen LogP contribution in [0.4, 0.5) is 0 Å². The molecule has 2 rings (SSSR count). The summed E-state index contributed by atoms with van der Waals surface area (Å²) in [6.45, 7) is 2.40. The van der Waals surface area contributed by atoms with E-state index < -0.39 is 0 Å². The lowest BCUT2D eigenvalue weighted by molar-refractivity contribution is -1.10. The van der Waals surface area contributed by atoms with Crippen LogP contribution in [-0.2, 0) is 6.54 Å². The van der Waals surface area contributed by atoms with Crippen molar-refractivity contribution >= 4 is 0 Å². The Morgan fingerprint density at radius 1 is 1.31 bits per heavy atom. The van der Waals surface area contributed by atoms with Gasteiger partial charge in [-0.1, -0.05) is 6.07 Å². The number of rotatable bonds is 2. The lowest BCUT2D eigenvalue weighted by atomic mass is 10.3. The largest absolute Gasteiger partial charge is 0.255 e. The molecule has 0 aromatic carbocycles. The molecule has 3 nitrogen and oxygen atoms in total. The fourth-order valence-electron chi connectivity index (χ4n) is 1.88. The van der Waals surface area contributed by atoms with E-state index in [4.69, 9.17) is 0 Å². The number of aromatic nitrogens is 1. The highest BCUT2D eigenvalue weighted by molar-refractivity contribution is 5.01. The second kappa shape index (κ2) is 3.44. The molecular formula is C10H15N2O+. The quantitative estimate of drug-likeness (QED) is 0.699. The summed E-state index contributed by atoms with van der Waals surface area (Å²) in [5, 5.41) is 10.0. The molecule has 1 aromatic heterocycles. The second-order valence-electron chi connectivity index (χ2n) is 3.73. The molecule has 2 heterocycles. The molecule has 0 bridgehead atoms. The molecular weight excluding hydrogens is 164 g/mol. The minimum absolute atomic E-state index is 0.178. The first kappa shape index (κ1) is 8.66. The molecule has 70 valence electrons. The number of pyridine rings is 1. The lowest BCUT2D eigenvalue weighted by Gasteiger charge is -2.23. The van der Waals surface area contributed by atoms with Gasteiger partial charge in [0.05, 0.1) is 5.69 Å². The number of hydroxylamine groups is 3. The van der Waals surface area contributed by atoms with Crippen LogP contribution in [0.15, 0.2) is 24.4 Å². The third kappa shape index (κ3) is 2.05. The standard InChI is InChI=1S/C10H15N2O/c13-12(7-3-4-8-12)9-10-5-1-2-6-11-10/h1-2,5-6,13H,3-4,7-9H2/q+1. The maximum absolute atomic E-state index is 10.0. The molecule has 0 spiro atoms. The summed E-state index contributed by atoms with van der Waals surface area (Å²) >= 11 is 0. The van der Waals surface area contributed by atoms with Gasteiger partial charge in [0.2, 0.25) is 0 Å². The molecule has 0 radical (unpaired) electrons. The number of quaternary nitrogens is 1. The summed E-state index contributed by atoms with van der Waals surface area (Å²) in [7, 11) is 0. The third-order valence-electron chi connectivity index (χ3n) is 2.58. The van der Waals surface area contributed by atoms with Crippen LogP contribution < -0.4 is 0 Å².